The van der Waals surface area contributed by atoms with E-state index < -0.39 is 17.3 Å². The topological polar surface area (TPSA) is 74.9 Å². The number of halogens is 5. The molecule has 6 rings (SSSR count). The fourth-order valence-electron chi connectivity index (χ4n) is 4.35. The van der Waals surface area contributed by atoms with E-state index in [1.807, 2.05) is 18.2 Å². The second-order valence-corrected chi connectivity index (χ2v) is 10.9. The highest BCUT2D eigenvalue weighted by Crippen LogP contribution is 2.37. The first-order valence-corrected chi connectivity index (χ1v) is 14.0. The van der Waals surface area contributed by atoms with E-state index in [0.29, 0.717) is 37.3 Å². The van der Waals surface area contributed by atoms with Gasteiger partial charge in [0.2, 0.25) is 6.79 Å². The van der Waals surface area contributed by atoms with E-state index in [1.165, 1.54) is 18.3 Å². The molecule has 212 valence electrons. The third-order valence-electron chi connectivity index (χ3n) is 6.36. The molecule has 0 atom stereocenters. The SMILES string of the molecule is O=c1c2ccccc2nc(-c2cccc(C(F)(F)F)c2)n1N=Cc1cc(Br)c(OCc2ccc3c(c2)OCO3)c(Br)c1. The number of alkyl halides is 3. The summed E-state index contributed by atoms with van der Waals surface area (Å²) in [6.07, 6.45) is -3.14. The highest BCUT2D eigenvalue weighted by Gasteiger charge is 2.31. The average Bonchev–Trinajstić information content (AvgIpc) is 3.44. The van der Waals surface area contributed by atoms with Crippen LogP contribution in [0.3, 0.4) is 0 Å². The highest BCUT2D eigenvalue weighted by molar-refractivity contribution is 9.11. The van der Waals surface area contributed by atoms with Crippen LogP contribution in [0.1, 0.15) is 16.7 Å². The van der Waals surface area contributed by atoms with E-state index in [0.717, 1.165) is 22.4 Å². The monoisotopic (exact) mass is 699 g/mol. The van der Waals surface area contributed by atoms with Gasteiger partial charge in [-0.25, -0.2) is 4.98 Å². The molecule has 7 nitrogen and oxygen atoms in total. The van der Waals surface area contributed by atoms with Gasteiger partial charge in [-0.15, -0.1) is 0 Å². The maximum Gasteiger partial charge on any atom is 0.416 e. The molecule has 0 bridgehead atoms. The van der Waals surface area contributed by atoms with Gasteiger partial charge in [-0.3, -0.25) is 4.79 Å². The molecule has 1 aliphatic heterocycles. The van der Waals surface area contributed by atoms with Gasteiger partial charge < -0.3 is 14.2 Å². The van der Waals surface area contributed by atoms with Gasteiger partial charge in [-0.2, -0.15) is 22.9 Å². The number of benzene rings is 4. The van der Waals surface area contributed by atoms with Crippen molar-refractivity contribution < 1.29 is 27.4 Å². The molecular formula is C30H18Br2F3N3O4. The molecule has 0 spiro atoms. The zero-order chi connectivity index (χ0) is 29.4. The Kier molecular flexibility index (Phi) is 7.50. The number of aromatic nitrogens is 2. The number of nitrogens with zero attached hydrogens (tertiary/aromatic N) is 3. The van der Waals surface area contributed by atoms with Crippen LogP contribution in [-0.4, -0.2) is 22.7 Å². The summed E-state index contributed by atoms with van der Waals surface area (Å²) in [6, 6.07) is 20.3. The minimum Gasteiger partial charge on any atom is -0.487 e. The molecule has 0 radical (unpaired) electrons. The smallest absolute Gasteiger partial charge is 0.416 e. The van der Waals surface area contributed by atoms with E-state index >= 15 is 0 Å². The van der Waals surface area contributed by atoms with Gasteiger partial charge in [0.25, 0.3) is 5.56 Å². The van der Waals surface area contributed by atoms with Crippen molar-refractivity contribution in [2.24, 2.45) is 5.10 Å². The molecule has 0 N–H and O–H groups in total. The zero-order valence-corrected chi connectivity index (χ0v) is 24.5. The van der Waals surface area contributed by atoms with Gasteiger partial charge in [-0.05, 0) is 91.5 Å². The van der Waals surface area contributed by atoms with Gasteiger partial charge in [0.15, 0.2) is 17.3 Å². The summed E-state index contributed by atoms with van der Waals surface area (Å²) in [5.74, 6) is 1.85. The summed E-state index contributed by atoms with van der Waals surface area (Å²) in [7, 11) is 0. The van der Waals surface area contributed by atoms with E-state index in [-0.39, 0.29) is 30.2 Å². The number of ether oxygens (including phenoxy) is 3. The molecule has 5 aromatic rings. The lowest BCUT2D eigenvalue weighted by Crippen LogP contribution is -2.20. The third kappa shape index (κ3) is 5.64. The number of para-hydroxylation sites is 1. The average molecular weight is 701 g/mol. The van der Waals surface area contributed by atoms with Gasteiger partial charge in [0.1, 0.15) is 12.4 Å². The zero-order valence-electron chi connectivity index (χ0n) is 21.4. The van der Waals surface area contributed by atoms with Gasteiger partial charge in [-0.1, -0.05) is 30.3 Å². The minimum absolute atomic E-state index is 0.0251. The van der Waals surface area contributed by atoms with Gasteiger partial charge in [0.05, 0.1) is 31.6 Å². The lowest BCUT2D eigenvalue weighted by molar-refractivity contribution is -0.137. The minimum atomic E-state index is -4.56. The summed E-state index contributed by atoms with van der Waals surface area (Å²) in [5.41, 5.74) is 0.525. The molecule has 1 aromatic heterocycles. The summed E-state index contributed by atoms with van der Waals surface area (Å²) >= 11 is 7.05. The van der Waals surface area contributed by atoms with Crippen LogP contribution in [0, 0.1) is 0 Å². The van der Waals surface area contributed by atoms with Crippen molar-refractivity contribution in [1.82, 2.24) is 9.66 Å². The van der Waals surface area contributed by atoms with Crippen LogP contribution in [0.4, 0.5) is 13.2 Å². The molecule has 0 unspecified atom stereocenters. The van der Waals surface area contributed by atoms with Crippen molar-refractivity contribution in [1.29, 1.82) is 0 Å². The lowest BCUT2D eigenvalue weighted by Gasteiger charge is -2.13. The first-order chi connectivity index (χ1) is 20.2. The van der Waals surface area contributed by atoms with E-state index in [4.69, 9.17) is 14.2 Å². The van der Waals surface area contributed by atoms with Crippen LogP contribution in [0.25, 0.3) is 22.3 Å². The van der Waals surface area contributed by atoms with E-state index in [1.54, 1.807) is 36.4 Å². The van der Waals surface area contributed by atoms with Crippen molar-refractivity contribution >= 4 is 49.0 Å². The van der Waals surface area contributed by atoms with Crippen LogP contribution in [0.5, 0.6) is 17.2 Å². The standard InChI is InChI=1S/C30H18Br2F3N3O4/c31-22-10-18(11-23(32)27(22)40-15-17-8-9-25-26(12-17)42-16-41-25)14-36-38-28(19-4-3-5-20(13-19)30(33,34)35)37-24-7-2-1-6-21(24)29(38)39/h1-14H,15-16H2. The quantitative estimate of drug-likeness (QED) is 0.169. The van der Waals surface area contributed by atoms with Crippen molar-refractivity contribution in [3.63, 3.8) is 0 Å². The van der Waals surface area contributed by atoms with Crippen LogP contribution < -0.4 is 19.8 Å². The molecule has 42 heavy (non-hydrogen) atoms. The van der Waals surface area contributed by atoms with Gasteiger partial charge >= 0.3 is 6.18 Å². The van der Waals surface area contributed by atoms with Crippen LogP contribution in [-0.2, 0) is 12.8 Å². The molecule has 0 aliphatic carbocycles. The van der Waals surface area contributed by atoms with Crippen LogP contribution in [0.2, 0.25) is 0 Å². The fraction of sp³-hybridized carbons (Fsp3) is 0.100. The number of hydrogen-bond acceptors (Lipinski definition) is 6. The molecule has 0 fully saturated rings. The number of rotatable bonds is 6. The largest absolute Gasteiger partial charge is 0.487 e. The second kappa shape index (κ2) is 11.3. The Balaban J connectivity index is 1.33. The summed E-state index contributed by atoms with van der Waals surface area (Å²) in [6.45, 7) is 0.447. The molecule has 12 heteroatoms. The normalized spacial score (nSPS) is 12.8. The molecule has 0 saturated carbocycles. The Morgan fingerprint density at radius 1 is 0.952 bits per heavy atom. The van der Waals surface area contributed by atoms with Crippen molar-refractivity contribution in [3.8, 4) is 28.6 Å². The Hall–Kier alpha value is -4.16. The molecule has 1 aliphatic rings. The Labute approximate surface area is 253 Å². The van der Waals surface area contributed by atoms with E-state index in [2.05, 4.69) is 41.9 Å². The van der Waals surface area contributed by atoms with Crippen molar-refractivity contribution in [3.05, 3.63) is 115 Å². The molecular weight excluding hydrogens is 683 g/mol. The van der Waals surface area contributed by atoms with Crippen LogP contribution in [0.15, 0.2) is 97.7 Å². The summed E-state index contributed by atoms with van der Waals surface area (Å²) in [5, 5.41) is 4.64. The van der Waals surface area contributed by atoms with Crippen LogP contribution >= 0.6 is 31.9 Å². The lowest BCUT2D eigenvalue weighted by atomic mass is 10.1. The van der Waals surface area contributed by atoms with Crippen molar-refractivity contribution in [2.45, 2.75) is 12.8 Å². The van der Waals surface area contributed by atoms with Crippen molar-refractivity contribution in [2.75, 3.05) is 6.79 Å². The maximum absolute atomic E-state index is 13.4. The number of hydrogen-bond donors (Lipinski definition) is 0. The Bertz CT molecular complexity index is 1900. The predicted octanol–water partition coefficient (Wildman–Crippen LogP) is 7.80. The van der Waals surface area contributed by atoms with E-state index in [9.17, 15) is 18.0 Å². The Morgan fingerprint density at radius 3 is 2.50 bits per heavy atom. The summed E-state index contributed by atoms with van der Waals surface area (Å²) < 4.78 is 59.4. The molecule has 4 aromatic carbocycles. The molecule has 0 amide bonds. The summed E-state index contributed by atoms with van der Waals surface area (Å²) in [4.78, 5) is 17.9. The third-order valence-corrected chi connectivity index (χ3v) is 7.54. The number of fused-ring (bicyclic) bond motifs is 2. The van der Waals surface area contributed by atoms with Gasteiger partial charge in [0, 0.05) is 5.56 Å². The molecule has 0 saturated heterocycles. The highest BCUT2D eigenvalue weighted by atomic mass is 79.9. The Morgan fingerprint density at radius 2 is 1.71 bits per heavy atom. The molecule has 2 heterocycles. The maximum atomic E-state index is 13.4. The fourth-order valence-corrected chi connectivity index (χ4v) is 5.81. The first-order valence-electron chi connectivity index (χ1n) is 12.4. The predicted molar refractivity (Wildman–Crippen MR) is 158 cm³/mol. The first kappa shape index (κ1) is 28.0. The second-order valence-electron chi connectivity index (χ2n) is 9.18.